The third-order valence-corrected chi connectivity index (χ3v) is 4.39. The zero-order valence-electron chi connectivity index (χ0n) is 11.0. The van der Waals surface area contributed by atoms with Crippen molar-refractivity contribution in [2.24, 2.45) is 5.92 Å². The van der Waals surface area contributed by atoms with E-state index in [1.807, 2.05) is 0 Å². The molecule has 0 bridgehead atoms. The van der Waals surface area contributed by atoms with Crippen LogP contribution in [-0.2, 0) is 10.3 Å². The van der Waals surface area contributed by atoms with Gasteiger partial charge in [0.15, 0.2) is 0 Å². The molecule has 20 heavy (non-hydrogen) atoms. The van der Waals surface area contributed by atoms with E-state index in [2.05, 4.69) is 4.72 Å². The molecule has 1 aliphatic rings. The van der Waals surface area contributed by atoms with Gasteiger partial charge in [0.05, 0.1) is 0 Å². The van der Waals surface area contributed by atoms with Gasteiger partial charge < -0.3 is 10.2 Å². The molecule has 1 fully saturated rings. The van der Waals surface area contributed by atoms with Crippen LogP contribution in [0.3, 0.4) is 0 Å². The largest absolute Gasteiger partial charge is 0.508 e. The van der Waals surface area contributed by atoms with Crippen LogP contribution in [0.2, 0.25) is 0 Å². The fourth-order valence-corrected chi connectivity index (χ4v) is 3.22. The van der Waals surface area contributed by atoms with E-state index >= 15 is 0 Å². The lowest BCUT2D eigenvalue weighted by Crippen LogP contribution is -2.30. The molecule has 0 atom stereocenters. The molecule has 0 radical (unpaired) electrons. The van der Waals surface area contributed by atoms with Gasteiger partial charge in [0.2, 0.25) is 0 Å². The summed E-state index contributed by atoms with van der Waals surface area (Å²) in [6, 6.07) is 4.62. The van der Waals surface area contributed by atoms with Crippen LogP contribution in [0.1, 0.15) is 37.2 Å². The Kier molecular flexibility index (Phi) is 4.52. The van der Waals surface area contributed by atoms with Crippen molar-refractivity contribution >= 4 is 10.3 Å². The van der Waals surface area contributed by atoms with Crippen LogP contribution in [0, 0.1) is 5.92 Å². The van der Waals surface area contributed by atoms with Gasteiger partial charge in [0.1, 0.15) is 11.5 Å². The van der Waals surface area contributed by atoms with Crippen LogP contribution in [0.25, 0.3) is 0 Å². The SMILES string of the molecule is O=S(=O)(O)NCC1CCC(c2ccc(O)cc2O)CC1. The van der Waals surface area contributed by atoms with Gasteiger partial charge in [-0.1, -0.05) is 6.07 Å². The molecule has 0 aromatic heterocycles. The van der Waals surface area contributed by atoms with Gasteiger partial charge in [-0.15, -0.1) is 0 Å². The second kappa shape index (κ2) is 5.99. The summed E-state index contributed by atoms with van der Waals surface area (Å²) in [6.07, 6.45) is 3.34. The highest BCUT2D eigenvalue weighted by Crippen LogP contribution is 2.39. The first-order chi connectivity index (χ1) is 9.35. The molecule has 0 aliphatic heterocycles. The fraction of sp³-hybridized carbons (Fsp3) is 0.538. The molecular formula is C13H19NO5S. The van der Waals surface area contributed by atoms with Gasteiger partial charge in [-0.05, 0) is 49.1 Å². The van der Waals surface area contributed by atoms with Gasteiger partial charge in [0, 0.05) is 12.6 Å². The van der Waals surface area contributed by atoms with E-state index in [4.69, 9.17) is 4.55 Å². The zero-order chi connectivity index (χ0) is 14.8. The second-order valence-electron chi connectivity index (χ2n) is 5.28. The molecule has 1 saturated carbocycles. The smallest absolute Gasteiger partial charge is 0.333 e. The van der Waals surface area contributed by atoms with E-state index in [-0.39, 0.29) is 29.9 Å². The average molecular weight is 301 g/mol. The minimum atomic E-state index is -4.12. The first kappa shape index (κ1) is 15.1. The standard InChI is InChI=1S/C13H19NO5S/c15-11-5-6-12(13(16)7-11)10-3-1-9(2-4-10)8-14-20(17,18)19/h5-7,9-10,14-16H,1-4,8H2,(H,17,18,19). The molecule has 2 rings (SSSR count). The molecule has 6 nitrogen and oxygen atoms in total. The Hall–Kier alpha value is -1.31. The Morgan fingerprint density at radius 3 is 2.35 bits per heavy atom. The third-order valence-electron chi connectivity index (χ3n) is 3.86. The number of nitrogens with one attached hydrogen (secondary N) is 1. The predicted molar refractivity (Wildman–Crippen MR) is 74.0 cm³/mol. The fourth-order valence-electron chi connectivity index (χ4n) is 2.78. The van der Waals surface area contributed by atoms with Crippen molar-refractivity contribution in [3.05, 3.63) is 23.8 Å². The summed E-state index contributed by atoms with van der Waals surface area (Å²) in [5.41, 5.74) is 0.823. The van der Waals surface area contributed by atoms with Gasteiger partial charge in [-0.2, -0.15) is 13.1 Å². The van der Waals surface area contributed by atoms with E-state index in [1.165, 1.54) is 6.07 Å². The number of benzene rings is 1. The summed E-state index contributed by atoms with van der Waals surface area (Å²) in [5, 5.41) is 19.1. The van der Waals surface area contributed by atoms with Crippen molar-refractivity contribution in [1.29, 1.82) is 0 Å². The minimum absolute atomic E-state index is 0.0392. The number of hydrogen-bond acceptors (Lipinski definition) is 4. The normalized spacial score (nSPS) is 23.6. The van der Waals surface area contributed by atoms with Gasteiger partial charge >= 0.3 is 10.3 Å². The second-order valence-corrected chi connectivity index (χ2v) is 6.52. The lowest BCUT2D eigenvalue weighted by atomic mass is 9.78. The molecule has 0 saturated heterocycles. The molecule has 1 aliphatic carbocycles. The summed E-state index contributed by atoms with van der Waals surface area (Å²) in [4.78, 5) is 0. The van der Waals surface area contributed by atoms with Crippen molar-refractivity contribution in [1.82, 2.24) is 4.72 Å². The van der Waals surface area contributed by atoms with Gasteiger partial charge in [0.25, 0.3) is 0 Å². The maximum atomic E-state index is 10.6. The Bertz CT molecular complexity index is 564. The number of phenols is 2. The van der Waals surface area contributed by atoms with Crippen molar-refractivity contribution in [3.8, 4) is 11.5 Å². The van der Waals surface area contributed by atoms with E-state index in [0.717, 1.165) is 31.2 Å². The van der Waals surface area contributed by atoms with Crippen LogP contribution in [0.4, 0.5) is 0 Å². The molecule has 112 valence electrons. The molecular weight excluding hydrogens is 282 g/mol. The molecule has 1 aromatic rings. The van der Waals surface area contributed by atoms with Gasteiger partial charge in [-0.25, -0.2) is 0 Å². The van der Waals surface area contributed by atoms with Crippen LogP contribution >= 0.6 is 0 Å². The Morgan fingerprint density at radius 2 is 1.80 bits per heavy atom. The van der Waals surface area contributed by atoms with Crippen LogP contribution in [0.5, 0.6) is 11.5 Å². The summed E-state index contributed by atoms with van der Waals surface area (Å²) in [5.74, 6) is 0.562. The molecule has 0 heterocycles. The van der Waals surface area contributed by atoms with Gasteiger partial charge in [-0.3, -0.25) is 4.55 Å². The molecule has 0 amide bonds. The lowest BCUT2D eigenvalue weighted by molar-refractivity contribution is 0.317. The summed E-state index contributed by atoms with van der Waals surface area (Å²) in [7, 11) is -4.12. The molecule has 1 aromatic carbocycles. The molecule has 4 N–H and O–H groups in total. The summed E-state index contributed by atoms with van der Waals surface area (Å²) in [6.45, 7) is 0.243. The van der Waals surface area contributed by atoms with E-state index in [9.17, 15) is 18.6 Å². The quantitative estimate of drug-likeness (QED) is 0.634. The minimum Gasteiger partial charge on any atom is -0.508 e. The number of phenolic OH excluding ortho intramolecular Hbond substituents is 2. The van der Waals surface area contributed by atoms with Crippen molar-refractivity contribution < 1.29 is 23.2 Å². The number of hydrogen-bond donors (Lipinski definition) is 4. The number of aromatic hydroxyl groups is 2. The summed E-state index contributed by atoms with van der Waals surface area (Å²) < 4.78 is 32.0. The van der Waals surface area contributed by atoms with Crippen molar-refractivity contribution in [2.45, 2.75) is 31.6 Å². The molecule has 0 unspecified atom stereocenters. The molecule has 7 heteroatoms. The summed E-state index contributed by atoms with van der Waals surface area (Å²) >= 11 is 0. The van der Waals surface area contributed by atoms with E-state index in [1.54, 1.807) is 12.1 Å². The third kappa shape index (κ3) is 4.09. The van der Waals surface area contributed by atoms with E-state index < -0.39 is 10.3 Å². The van der Waals surface area contributed by atoms with Crippen molar-refractivity contribution in [3.63, 3.8) is 0 Å². The number of rotatable bonds is 4. The maximum absolute atomic E-state index is 10.6. The lowest BCUT2D eigenvalue weighted by Gasteiger charge is -2.29. The highest BCUT2D eigenvalue weighted by atomic mass is 32.2. The van der Waals surface area contributed by atoms with Crippen LogP contribution < -0.4 is 4.72 Å². The highest BCUT2D eigenvalue weighted by Gasteiger charge is 2.24. The predicted octanol–water partition coefficient (Wildman–Crippen LogP) is 1.76. The van der Waals surface area contributed by atoms with Crippen LogP contribution in [0.15, 0.2) is 18.2 Å². The topological polar surface area (TPSA) is 107 Å². The molecule has 0 spiro atoms. The zero-order valence-corrected chi connectivity index (χ0v) is 11.8. The monoisotopic (exact) mass is 301 g/mol. The first-order valence-electron chi connectivity index (χ1n) is 6.59. The Morgan fingerprint density at radius 1 is 1.15 bits per heavy atom. The van der Waals surface area contributed by atoms with Crippen molar-refractivity contribution in [2.75, 3.05) is 6.54 Å². The maximum Gasteiger partial charge on any atom is 0.333 e. The first-order valence-corrected chi connectivity index (χ1v) is 8.03. The average Bonchev–Trinajstić information content (AvgIpc) is 2.36. The Balaban J connectivity index is 1.91. The highest BCUT2D eigenvalue weighted by molar-refractivity contribution is 7.83. The van der Waals surface area contributed by atoms with E-state index in [0.29, 0.717) is 0 Å². The Labute approximate surface area is 118 Å². The van der Waals surface area contributed by atoms with Crippen LogP contribution in [-0.4, -0.2) is 29.7 Å².